The molecular formula is C15H27N3O4. The summed E-state index contributed by atoms with van der Waals surface area (Å²) in [6.45, 7) is 2.35. The van der Waals surface area contributed by atoms with E-state index in [1.807, 2.05) is 0 Å². The molecule has 0 saturated carbocycles. The van der Waals surface area contributed by atoms with E-state index in [9.17, 15) is 9.59 Å². The van der Waals surface area contributed by atoms with Gasteiger partial charge >= 0.3 is 11.9 Å². The van der Waals surface area contributed by atoms with E-state index in [1.165, 1.54) is 14.2 Å². The summed E-state index contributed by atoms with van der Waals surface area (Å²) >= 11 is 0. The second kappa shape index (κ2) is 10.0. The molecule has 1 aliphatic rings. The largest absolute Gasteiger partial charge is 0.469 e. The molecule has 0 aliphatic carbocycles. The highest BCUT2D eigenvalue weighted by atomic mass is 16.5. The number of hydrogen-bond donors (Lipinski definition) is 1. The highest BCUT2D eigenvalue weighted by molar-refractivity contribution is 5.80. The van der Waals surface area contributed by atoms with Gasteiger partial charge in [0.25, 0.3) is 0 Å². The van der Waals surface area contributed by atoms with E-state index in [4.69, 9.17) is 4.74 Å². The SMILES string of the molecule is CN=C(NCCCCC(=O)OC)N1CCC(C(=O)OC)CC1. The molecule has 0 unspecified atom stereocenters. The highest BCUT2D eigenvalue weighted by Crippen LogP contribution is 2.18. The van der Waals surface area contributed by atoms with Gasteiger partial charge in [-0.15, -0.1) is 0 Å². The van der Waals surface area contributed by atoms with Gasteiger partial charge in [0.15, 0.2) is 5.96 Å². The van der Waals surface area contributed by atoms with Crippen molar-refractivity contribution in [1.82, 2.24) is 10.2 Å². The Morgan fingerprint density at radius 1 is 1.18 bits per heavy atom. The van der Waals surface area contributed by atoms with Crippen molar-refractivity contribution in [3.8, 4) is 0 Å². The lowest BCUT2D eigenvalue weighted by Crippen LogP contribution is -2.46. The Labute approximate surface area is 132 Å². The number of guanidine groups is 1. The molecule has 0 bridgehead atoms. The second-order valence-corrected chi connectivity index (χ2v) is 5.29. The van der Waals surface area contributed by atoms with Crippen LogP contribution in [0.25, 0.3) is 0 Å². The van der Waals surface area contributed by atoms with E-state index < -0.39 is 0 Å². The summed E-state index contributed by atoms with van der Waals surface area (Å²) in [7, 11) is 4.59. The number of rotatable bonds is 6. The fraction of sp³-hybridized carbons (Fsp3) is 0.800. The van der Waals surface area contributed by atoms with Crippen molar-refractivity contribution >= 4 is 17.9 Å². The number of nitrogens with zero attached hydrogens (tertiary/aromatic N) is 2. The summed E-state index contributed by atoms with van der Waals surface area (Å²) in [5, 5.41) is 3.30. The van der Waals surface area contributed by atoms with Gasteiger partial charge in [0.05, 0.1) is 20.1 Å². The van der Waals surface area contributed by atoms with Crippen molar-refractivity contribution < 1.29 is 19.1 Å². The Bertz CT molecular complexity index is 390. The summed E-state index contributed by atoms with van der Waals surface area (Å²) in [5.74, 6) is 0.556. The smallest absolute Gasteiger partial charge is 0.308 e. The van der Waals surface area contributed by atoms with Gasteiger partial charge in [-0.25, -0.2) is 0 Å². The number of hydrogen-bond acceptors (Lipinski definition) is 5. The van der Waals surface area contributed by atoms with Crippen LogP contribution in [-0.2, 0) is 19.1 Å². The first kappa shape index (κ1) is 18.3. The standard InChI is InChI=1S/C15H27N3O4/c1-16-15(17-9-5-4-6-13(19)21-2)18-10-7-12(8-11-18)14(20)22-3/h12H,4-11H2,1-3H3,(H,16,17). The Hall–Kier alpha value is -1.79. The monoisotopic (exact) mass is 313 g/mol. The van der Waals surface area contributed by atoms with Crippen LogP contribution in [0.2, 0.25) is 0 Å². The molecule has 7 heteroatoms. The molecule has 0 spiro atoms. The predicted octanol–water partition coefficient (Wildman–Crippen LogP) is 0.790. The first-order valence-corrected chi connectivity index (χ1v) is 7.72. The van der Waals surface area contributed by atoms with Crippen LogP contribution in [0.4, 0.5) is 0 Å². The van der Waals surface area contributed by atoms with Gasteiger partial charge in [-0.2, -0.15) is 0 Å². The number of esters is 2. The maximum absolute atomic E-state index is 11.5. The van der Waals surface area contributed by atoms with Crippen LogP contribution in [0.3, 0.4) is 0 Å². The van der Waals surface area contributed by atoms with Crippen molar-refractivity contribution in [3.63, 3.8) is 0 Å². The van der Waals surface area contributed by atoms with Crippen LogP contribution < -0.4 is 5.32 Å². The van der Waals surface area contributed by atoms with Crippen LogP contribution in [0.15, 0.2) is 4.99 Å². The van der Waals surface area contributed by atoms with E-state index in [-0.39, 0.29) is 17.9 Å². The number of ether oxygens (including phenoxy) is 2. The highest BCUT2D eigenvalue weighted by Gasteiger charge is 2.26. The lowest BCUT2D eigenvalue weighted by atomic mass is 9.97. The maximum Gasteiger partial charge on any atom is 0.308 e. The Morgan fingerprint density at radius 3 is 2.41 bits per heavy atom. The third-order valence-corrected chi connectivity index (χ3v) is 3.86. The number of likely N-dealkylation sites (tertiary alicyclic amines) is 1. The zero-order valence-electron chi connectivity index (χ0n) is 13.8. The average Bonchev–Trinajstić information content (AvgIpc) is 2.57. The number of nitrogens with one attached hydrogen (secondary N) is 1. The van der Waals surface area contributed by atoms with E-state index in [0.29, 0.717) is 6.42 Å². The van der Waals surface area contributed by atoms with E-state index in [2.05, 4.69) is 19.9 Å². The summed E-state index contributed by atoms with van der Waals surface area (Å²) in [5.41, 5.74) is 0. The third kappa shape index (κ3) is 5.91. The van der Waals surface area contributed by atoms with Gasteiger partial charge in [0.1, 0.15) is 0 Å². The lowest BCUT2D eigenvalue weighted by molar-refractivity contribution is -0.146. The molecule has 126 valence electrons. The van der Waals surface area contributed by atoms with Gasteiger partial charge in [-0.05, 0) is 25.7 Å². The zero-order chi connectivity index (χ0) is 16.4. The zero-order valence-corrected chi connectivity index (χ0v) is 13.8. The van der Waals surface area contributed by atoms with Crippen LogP contribution in [0.1, 0.15) is 32.1 Å². The Morgan fingerprint density at radius 2 is 1.86 bits per heavy atom. The van der Waals surface area contributed by atoms with Gasteiger partial charge in [-0.3, -0.25) is 14.6 Å². The van der Waals surface area contributed by atoms with Crippen molar-refractivity contribution in [2.24, 2.45) is 10.9 Å². The number of piperidine rings is 1. The van der Waals surface area contributed by atoms with E-state index in [1.54, 1.807) is 7.05 Å². The molecule has 0 aromatic heterocycles. The molecule has 1 heterocycles. The molecule has 7 nitrogen and oxygen atoms in total. The molecule has 1 fully saturated rings. The van der Waals surface area contributed by atoms with E-state index in [0.717, 1.165) is 51.3 Å². The molecule has 1 saturated heterocycles. The molecular weight excluding hydrogens is 286 g/mol. The number of carbonyl (C=O) groups excluding carboxylic acids is 2. The van der Waals surface area contributed by atoms with Gasteiger partial charge < -0.3 is 19.7 Å². The average molecular weight is 313 g/mol. The minimum absolute atomic E-state index is 0.000544. The van der Waals surface area contributed by atoms with Crippen molar-refractivity contribution in [3.05, 3.63) is 0 Å². The summed E-state index contributed by atoms with van der Waals surface area (Å²) in [4.78, 5) is 28.9. The van der Waals surface area contributed by atoms with Crippen LogP contribution in [0, 0.1) is 5.92 Å². The van der Waals surface area contributed by atoms with Crippen LogP contribution in [-0.4, -0.2) is 63.7 Å². The molecule has 0 amide bonds. The van der Waals surface area contributed by atoms with E-state index >= 15 is 0 Å². The Kier molecular flexibility index (Phi) is 8.32. The normalized spacial score (nSPS) is 16.3. The molecule has 0 radical (unpaired) electrons. The van der Waals surface area contributed by atoms with Gasteiger partial charge in [-0.1, -0.05) is 0 Å². The minimum atomic E-state index is -0.172. The fourth-order valence-electron chi connectivity index (χ4n) is 2.52. The quantitative estimate of drug-likeness (QED) is 0.338. The van der Waals surface area contributed by atoms with Crippen molar-refractivity contribution in [2.75, 3.05) is 40.9 Å². The maximum atomic E-state index is 11.5. The van der Waals surface area contributed by atoms with Crippen molar-refractivity contribution in [2.45, 2.75) is 32.1 Å². The number of unbranched alkanes of at least 4 members (excludes halogenated alkanes) is 1. The first-order valence-electron chi connectivity index (χ1n) is 7.72. The van der Waals surface area contributed by atoms with Gasteiger partial charge in [0, 0.05) is 33.1 Å². The fourth-order valence-corrected chi connectivity index (χ4v) is 2.52. The third-order valence-electron chi connectivity index (χ3n) is 3.86. The first-order chi connectivity index (χ1) is 10.6. The molecule has 0 aromatic rings. The molecule has 0 atom stereocenters. The number of aliphatic imine (C=N–C) groups is 1. The van der Waals surface area contributed by atoms with Gasteiger partial charge in [0.2, 0.25) is 0 Å². The number of methoxy groups -OCH3 is 2. The topological polar surface area (TPSA) is 80.2 Å². The molecule has 0 aromatic carbocycles. The molecule has 1 aliphatic heterocycles. The Balaban J connectivity index is 2.25. The minimum Gasteiger partial charge on any atom is -0.469 e. The van der Waals surface area contributed by atoms with Crippen LogP contribution in [0.5, 0.6) is 0 Å². The lowest BCUT2D eigenvalue weighted by Gasteiger charge is -2.33. The predicted molar refractivity (Wildman–Crippen MR) is 83.5 cm³/mol. The van der Waals surface area contributed by atoms with Crippen LogP contribution >= 0.6 is 0 Å². The molecule has 1 rings (SSSR count). The summed E-state index contributed by atoms with van der Waals surface area (Å²) in [6, 6.07) is 0. The van der Waals surface area contributed by atoms with Crippen molar-refractivity contribution in [1.29, 1.82) is 0 Å². The molecule has 22 heavy (non-hydrogen) atoms. The number of carbonyl (C=O) groups is 2. The summed E-state index contributed by atoms with van der Waals surface area (Å²) < 4.78 is 9.39. The molecule has 1 N–H and O–H groups in total. The summed E-state index contributed by atoms with van der Waals surface area (Å²) in [6.07, 6.45) is 3.70. The second-order valence-electron chi connectivity index (χ2n) is 5.29.